The summed E-state index contributed by atoms with van der Waals surface area (Å²) >= 11 is 3.63. The van der Waals surface area contributed by atoms with E-state index in [1.165, 1.54) is 29.5 Å². The van der Waals surface area contributed by atoms with Gasteiger partial charge in [-0.25, -0.2) is 0 Å². The van der Waals surface area contributed by atoms with Crippen LogP contribution >= 0.6 is 15.9 Å². The van der Waals surface area contributed by atoms with E-state index < -0.39 is 0 Å². The van der Waals surface area contributed by atoms with Gasteiger partial charge < -0.3 is 4.74 Å². The Morgan fingerprint density at radius 3 is 2.83 bits per heavy atom. The highest BCUT2D eigenvalue weighted by molar-refractivity contribution is 9.10. The number of ether oxygens (including phenoxy) is 1. The summed E-state index contributed by atoms with van der Waals surface area (Å²) in [5, 5.41) is 0. The molecule has 100 valence electrons. The van der Waals surface area contributed by atoms with Gasteiger partial charge in [-0.2, -0.15) is 0 Å². The topological polar surface area (TPSA) is 12.5 Å². The maximum Gasteiger partial charge on any atom is 0.119 e. The van der Waals surface area contributed by atoms with Crippen LogP contribution in [0.1, 0.15) is 25.8 Å². The van der Waals surface area contributed by atoms with Crippen LogP contribution in [0.5, 0.6) is 5.75 Å². The lowest BCUT2D eigenvalue weighted by atomic mass is 9.95. The summed E-state index contributed by atoms with van der Waals surface area (Å²) in [6.45, 7) is 8.11. The second kappa shape index (κ2) is 6.07. The van der Waals surface area contributed by atoms with E-state index in [-0.39, 0.29) is 0 Å². The molecule has 1 saturated heterocycles. The van der Waals surface area contributed by atoms with Crippen molar-refractivity contribution in [3.05, 3.63) is 28.2 Å². The van der Waals surface area contributed by atoms with Crippen molar-refractivity contribution in [1.82, 2.24) is 4.90 Å². The number of benzene rings is 1. The lowest BCUT2D eigenvalue weighted by Gasteiger charge is -2.19. The number of methoxy groups -OCH3 is 1. The Kier molecular flexibility index (Phi) is 4.68. The third-order valence-corrected chi connectivity index (χ3v) is 4.67. The van der Waals surface area contributed by atoms with E-state index in [1.54, 1.807) is 7.11 Å². The number of hydrogen-bond donors (Lipinski definition) is 0. The Morgan fingerprint density at radius 1 is 1.44 bits per heavy atom. The second-order valence-corrected chi connectivity index (χ2v) is 6.34. The SMILES string of the molecule is COc1ccc(Br)c(CN2CCC(C(C)C)C2)c1. The molecule has 1 heterocycles. The molecule has 0 saturated carbocycles. The van der Waals surface area contributed by atoms with Crippen LogP contribution in [0.3, 0.4) is 0 Å². The molecule has 3 heteroatoms. The quantitative estimate of drug-likeness (QED) is 0.835. The molecule has 0 aliphatic carbocycles. The molecule has 18 heavy (non-hydrogen) atoms. The second-order valence-electron chi connectivity index (χ2n) is 5.49. The van der Waals surface area contributed by atoms with Crippen molar-refractivity contribution < 1.29 is 4.74 Å². The highest BCUT2D eigenvalue weighted by Crippen LogP contribution is 2.28. The van der Waals surface area contributed by atoms with Gasteiger partial charge in [-0.3, -0.25) is 4.90 Å². The Labute approximate surface area is 118 Å². The fourth-order valence-electron chi connectivity index (χ4n) is 2.59. The zero-order chi connectivity index (χ0) is 13.1. The first kappa shape index (κ1) is 13.9. The largest absolute Gasteiger partial charge is 0.497 e. The normalized spacial score (nSPS) is 20.6. The van der Waals surface area contributed by atoms with Gasteiger partial charge in [0.25, 0.3) is 0 Å². The number of hydrogen-bond acceptors (Lipinski definition) is 2. The molecule has 1 fully saturated rings. The predicted octanol–water partition coefficient (Wildman–Crippen LogP) is 3.94. The average Bonchev–Trinajstić information content (AvgIpc) is 2.81. The smallest absolute Gasteiger partial charge is 0.119 e. The van der Waals surface area contributed by atoms with Gasteiger partial charge in [0, 0.05) is 17.6 Å². The van der Waals surface area contributed by atoms with Crippen LogP contribution in [-0.2, 0) is 6.54 Å². The molecule has 0 spiro atoms. The van der Waals surface area contributed by atoms with Crippen LogP contribution in [0, 0.1) is 11.8 Å². The molecule has 1 aliphatic rings. The molecule has 0 bridgehead atoms. The van der Waals surface area contributed by atoms with Crippen LogP contribution in [-0.4, -0.2) is 25.1 Å². The summed E-state index contributed by atoms with van der Waals surface area (Å²) in [5.74, 6) is 2.59. The third-order valence-electron chi connectivity index (χ3n) is 3.90. The zero-order valence-corrected chi connectivity index (χ0v) is 13.0. The number of nitrogens with zero attached hydrogens (tertiary/aromatic N) is 1. The Balaban J connectivity index is 2.02. The van der Waals surface area contributed by atoms with E-state index in [9.17, 15) is 0 Å². The van der Waals surface area contributed by atoms with E-state index in [1.807, 2.05) is 6.07 Å². The fourth-order valence-corrected chi connectivity index (χ4v) is 2.96. The van der Waals surface area contributed by atoms with E-state index in [2.05, 4.69) is 46.8 Å². The maximum atomic E-state index is 5.29. The molecular formula is C15H22BrNO. The molecular weight excluding hydrogens is 290 g/mol. The van der Waals surface area contributed by atoms with E-state index in [4.69, 9.17) is 4.74 Å². The fraction of sp³-hybridized carbons (Fsp3) is 0.600. The summed E-state index contributed by atoms with van der Waals surface area (Å²) in [7, 11) is 1.72. The van der Waals surface area contributed by atoms with Crippen molar-refractivity contribution in [1.29, 1.82) is 0 Å². The van der Waals surface area contributed by atoms with Crippen LogP contribution in [0.4, 0.5) is 0 Å². The number of halogens is 1. The number of rotatable bonds is 4. The minimum atomic E-state index is 0.795. The minimum Gasteiger partial charge on any atom is -0.497 e. The van der Waals surface area contributed by atoms with Crippen molar-refractivity contribution in [2.45, 2.75) is 26.8 Å². The summed E-state index contributed by atoms with van der Waals surface area (Å²) in [5.41, 5.74) is 1.32. The molecule has 1 aromatic carbocycles. The van der Waals surface area contributed by atoms with Crippen molar-refractivity contribution in [3.63, 3.8) is 0 Å². The monoisotopic (exact) mass is 311 g/mol. The molecule has 0 amide bonds. The summed E-state index contributed by atoms with van der Waals surface area (Å²) in [6.07, 6.45) is 1.33. The van der Waals surface area contributed by atoms with Crippen LogP contribution < -0.4 is 4.74 Å². The first-order valence-electron chi connectivity index (χ1n) is 6.65. The van der Waals surface area contributed by atoms with Gasteiger partial charge >= 0.3 is 0 Å². The maximum absolute atomic E-state index is 5.29. The van der Waals surface area contributed by atoms with Gasteiger partial charge in [-0.15, -0.1) is 0 Å². The zero-order valence-electron chi connectivity index (χ0n) is 11.4. The lowest BCUT2D eigenvalue weighted by Crippen LogP contribution is -2.21. The molecule has 0 N–H and O–H groups in total. The van der Waals surface area contributed by atoms with Crippen LogP contribution in [0.25, 0.3) is 0 Å². The number of likely N-dealkylation sites (tertiary alicyclic amines) is 1. The molecule has 2 rings (SSSR count). The molecule has 1 unspecified atom stereocenters. The van der Waals surface area contributed by atoms with Crippen molar-refractivity contribution in [2.24, 2.45) is 11.8 Å². The van der Waals surface area contributed by atoms with Crippen LogP contribution in [0.15, 0.2) is 22.7 Å². The van der Waals surface area contributed by atoms with Gasteiger partial charge in [0.2, 0.25) is 0 Å². The lowest BCUT2D eigenvalue weighted by molar-refractivity contribution is 0.296. The summed E-state index contributed by atoms with van der Waals surface area (Å²) < 4.78 is 6.47. The molecule has 1 aromatic rings. The van der Waals surface area contributed by atoms with E-state index in [0.717, 1.165) is 24.1 Å². The Hall–Kier alpha value is -0.540. The van der Waals surface area contributed by atoms with Gasteiger partial charge in [-0.05, 0) is 48.6 Å². The summed E-state index contributed by atoms with van der Waals surface area (Å²) in [4.78, 5) is 2.55. The van der Waals surface area contributed by atoms with Gasteiger partial charge in [0.1, 0.15) is 5.75 Å². The highest BCUT2D eigenvalue weighted by atomic mass is 79.9. The Bertz CT molecular complexity index is 405. The molecule has 1 atom stereocenters. The first-order valence-corrected chi connectivity index (χ1v) is 7.44. The Morgan fingerprint density at radius 2 is 2.22 bits per heavy atom. The van der Waals surface area contributed by atoms with Crippen molar-refractivity contribution in [3.8, 4) is 5.75 Å². The molecule has 1 aliphatic heterocycles. The third kappa shape index (κ3) is 3.27. The molecule has 0 aromatic heterocycles. The van der Waals surface area contributed by atoms with Crippen molar-refractivity contribution in [2.75, 3.05) is 20.2 Å². The first-order chi connectivity index (χ1) is 8.60. The predicted molar refractivity (Wildman–Crippen MR) is 78.9 cm³/mol. The van der Waals surface area contributed by atoms with Gasteiger partial charge in [0.05, 0.1) is 7.11 Å². The van der Waals surface area contributed by atoms with Crippen LogP contribution in [0.2, 0.25) is 0 Å². The average molecular weight is 312 g/mol. The van der Waals surface area contributed by atoms with Crippen molar-refractivity contribution >= 4 is 15.9 Å². The summed E-state index contributed by atoms with van der Waals surface area (Å²) in [6, 6.07) is 6.20. The van der Waals surface area contributed by atoms with E-state index >= 15 is 0 Å². The highest BCUT2D eigenvalue weighted by Gasteiger charge is 2.25. The molecule has 0 radical (unpaired) electrons. The standard InChI is InChI=1S/C15H22BrNO/c1-11(2)12-6-7-17(9-12)10-13-8-14(18-3)4-5-15(13)16/h4-5,8,11-12H,6-7,9-10H2,1-3H3. The van der Waals surface area contributed by atoms with Gasteiger partial charge in [-0.1, -0.05) is 29.8 Å². The van der Waals surface area contributed by atoms with E-state index in [0.29, 0.717) is 0 Å². The molecule has 2 nitrogen and oxygen atoms in total. The van der Waals surface area contributed by atoms with Gasteiger partial charge in [0.15, 0.2) is 0 Å². The minimum absolute atomic E-state index is 0.795.